The Morgan fingerprint density at radius 2 is 1.89 bits per heavy atom. The maximum atomic E-state index is 11.9. The van der Waals surface area contributed by atoms with E-state index in [0.717, 1.165) is 5.56 Å². The second-order valence-corrected chi connectivity index (χ2v) is 4.54. The summed E-state index contributed by atoms with van der Waals surface area (Å²) in [5.74, 6) is -1.25. The number of aliphatic carboxylic acids is 1. The Hall–Kier alpha value is -2.08. The molecule has 2 rings (SSSR count). The smallest absolute Gasteiger partial charge is 0.326 e. The van der Waals surface area contributed by atoms with Gasteiger partial charge in [-0.05, 0) is 30.5 Å². The van der Waals surface area contributed by atoms with Crippen molar-refractivity contribution < 1.29 is 19.8 Å². The van der Waals surface area contributed by atoms with Gasteiger partial charge >= 0.3 is 5.97 Å². The molecule has 1 aliphatic heterocycles. The van der Waals surface area contributed by atoms with Gasteiger partial charge in [-0.1, -0.05) is 12.1 Å². The topological polar surface area (TPSA) is 104 Å². The molecular weight excluding hydrogens is 248 g/mol. The third kappa shape index (κ3) is 2.53. The van der Waals surface area contributed by atoms with Crippen LogP contribution < -0.4 is 5.73 Å². The van der Waals surface area contributed by atoms with Crippen molar-refractivity contribution in [3.8, 4) is 5.75 Å². The maximum Gasteiger partial charge on any atom is 0.326 e. The molecule has 0 saturated carbocycles. The third-order valence-electron chi connectivity index (χ3n) is 3.41. The van der Waals surface area contributed by atoms with Gasteiger partial charge in [-0.15, -0.1) is 0 Å². The fraction of sp³-hybridized carbons (Fsp3) is 0.385. The number of rotatable bonds is 3. The Balaban J connectivity index is 2.31. The number of hydrogen-bond acceptors (Lipinski definition) is 4. The van der Waals surface area contributed by atoms with E-state index in [2.05, 4.69) is 0 Å². The van der Waals surface area contributed by atoms with Crippen LogP contribution in [0.25, 0.3) is 0 Å². The first-order chi connectivity index (χ1) is 9.04. The van der Waals surface area contributed by atoms with Crippen molar-refractivity contribution in [1.82, 2.24) is 4.90 Å². The van der Waals surface area contributed by atoms with Crippen LogP contribution in [0.2, 0.25) is 0 Å². The van der Waals surface area contributed by atoms with Crippen LogP contribution in [-0.4, -0.2) is 39.6 Å². The molecule has 0 bridgehead atoms. The predicted molar refractivity (Wildman–Crippen MR) is 67.4 cm³/mol. The van der Waals surface area contributed by atoms with Gasteiger partial charge < -0.3 is 20.8 Å². The number of carbonyl (C=O) groups excluding carboxylic acids is 1. The quantitative estimate of drug-likeness (QED) is 0.736. The summed E-state index contributed by atoms with van der Waals surface area (Å²) >= 11 is 0. The molecule has 6 nitrogen and oxygen atoms in total. The number of likely N-dealkylation sites (tertiary alicyclic amines) is 1. The van der Waals surface area contributed by atoms with E-state index in [1.54, 1.807) is 12.1 Å². The minimum atomic E-state index is -1.01. The summed E-state index contributed by atoms with van der Waals surface area (Å²) in [7, 11) is 0. The van der Waals surface area contributed by atoms with Crippen LogP contribution >= 0.6 is 0 Å². The van der Waals surface area contributed by atoms with Crippen LogP contribution in [0, 0.1) is 0 Å². The number of nitrogens with two attached hydrogens (primary N) is 1. The summed E-state index contributed by atoms with van der Waals surface area (Å²) in [6.07, 6.45) is 0.986. The number of hydrogen-bond donors (Lipinski definition) is 3. The van der Waals surface area contributed by atoms with Gasteiger partial charge in [0.25, 0.3) is 0 Å². The lowest BCUT2D eigenvalue weighted by Crippen LogP contribution is -2.44. The average Bonchev–Trinajstić information content (AvgIpc) is 2.83. The molecule has 2 unspecified atom stereocenters. The van der Waals surface area contributed by atoms with E-state index >= 15 is 0 Å². The number of carboxylic acids is 1. The molecule has 4 N–H and O–H groups in total. The molecular formula is C13H16N2O4. The lowest BCUT2D eigenvalue weighted by atomic mass is 10.0. The second kappa shape index (κ2) is 5.27. The van der Waals surface area contributed by atoms with Crippen molar-refractivity contribution in [1.29, 1.82) is 0 Å². The summed E-state index contributed by atoms with van der Waals surface area (Å²) in [6.45, 7) is -0.210. The Morgan fingerprint density at radius 3 is 2.42 bits per heavy atom. The van der Waals surface area contributed by atoms with Crippen LogP contribution in [-0.2, 0) is 9.59 Å². The Labute approximate surface area is 110 Å². The molecule has 1 amide bonds. The molecule has 1 saturated heterocycles. The second-order valence-electron chi connectivity index (χ2n) is 4.54. The molecule has 1 heterocycles. The molecule has 1 fully saturated rings. The standard InChI is InChI=1S/C13H16N2O4/c14-7-12(17)15-10(5-6-11(15)13(18)19)8-1-3-9(16)4-2-8/h1-4,10-11,16H,5-7,14H2,(H,18,19). The highest BCUT2D eigenvalue weighted by atomic mass is 16.4. The number of nitrogens with zero attached hydrogens (tertiary/aromatic N) is 1. The van der Waals surface area contributed by atoms with Crippen molar-refractivity contribution in [2.45, 2.75) is 24.9 Å². The molecule has 1 aromatic rings. The number of aromatic hydroxyl groups is 1. The van der Waals surface area contributed by atoms with Gasteiger partial charge in [0.1, 0.15) is 11.8 Å². The molecule has 19 heavy (non-hydrogen) atoms. The minimum absolute atomic E-state index is 0.133. The number of carbonyl (C=O) groups is 2. The average molecular weight is 264 g/mol. The molecule has 0 aliphatic carbocycles. The fourth-order valence-corrected chi connectivity index (χ4v) is 2.53. The summed E-state index contributed by atoms with van der Waals surface area (Å²) in [6, 6.07) is 5.32. The Bertz CT molecular complexity index is 486. The van der Waals surface area contributed by atoms with Gasteiger partial charge in [0, 0.05) is 0 Å². The van der Waals surface area contributed by atoms with Crippen molar-refractivity contribution in [3.63, 3.8) is 0 Å². The Morgan fingerprint density at radius 1 is 1.26 bits per heavy atom. The van der Waals surface area contributed by atoms with E-state index in [1.807, 2.05) is 0 Å². The van der Waals surface area contributed by atoms with Gasteiger partial charge in [-0.25, -0.2) is 4.79 Å². The van der Waals surface area contributed by atoms with E-state index in [-0.39, 0.29) is 24.2 Å². The van der Waals surface area contributed by atoms with Crippen LogP contribution in [0.3, 0.4) is 0 Å². The number of phenols is 1. The van der Waals surface area contributed by atoms with Gasteiger partial charge in [0.05, 0.1) is 12.6 Å². The number of amides is 1. The van der Waals surface area contributed by atoms with Crippen molar-refractivity contribution in [2.75, 3.05) is 6.54 Å². The molecule has 1 aromatic carbocycles. The first-order valence-corrected chi connectivity index (χ1v) is 6.07. The lowest BCUT2D eigenvalue weighted by molar-refractivity contribution is -0.149. The number of phenolic OH excluding ortho intramolecular Hbond substituents is 1. The van der Waals surface area contributed by atoms with Gasteiger partial charge in [-0.2, -0.15) is 0 Å². The van der Waals surface area contributed by atoms with E-state index < -0.39 is 12.0 Å². The van der Waals surface area contributed by atoms with E-state index in [0.29, 0.717) is 12.8 Å². The highest BCUT2D eigenvalue weighted by Gasteiger charge is 2.40. The molecule has 1 aliphatic rings. The van der Waals surface area contributed by atoms with E-state index in [4.69, 9.17) is 10.8 Å². The molecule has 0 spiro atoms. The van der Waals surface area contributed by atoms with E-state index in [9.17, 15) is 14.7 Å². The first kappa shape index (κ1) is 13.4. The summed E-state index contributed by atoms with van der Waals surface area (Å²) in [5.41, 5.74) is 6.16. The first-order valence-electron chi connectivity index (χ1n) is 6.07. The zero-order chi connectivity index (χ0) is 14.0. The number of benzene rings is 1. The largest absolute Gasteiger partial charge is 0.508 e. The monoisotopic (exact) mass is 264 g/mol. The highest BCUT2D eigenvalue weighted by molar-refractivity contribution is 5.85. The van der Waals surface area contributed by atoms with Gasteiger partial charge in [-0.3, -0.25) is 4.79 Å². The minimum Gasteiger partial charge on any atom is -0.508 e. The molecule has 102 valence electrons. The normalized spacial score (nSPS) is 22.5. The van der Waals surface area contributed by atoms with E-state index in [1.165, 1.54) is 17.0 Å². The summed E-state index contributed by atoms with van der Waals surface area (Å²) in [4.78, 5) is 24.4. The highest BCUT2D eigenvalue weighted by Crippen LogP contribution is 2.36. The molecule has 2 atom stereocenters. The summed E-state index contributed by atoms with van der Waals surface area (Å²) in [5, 5.41) is 18.4. The van der Waals surface area contributed by atoms with Crippen LogP contribution in [0.15, 0.2) is 24.3 Å². The molecule has 0 radical (unpaired) electrons. The lowest BCUT2D eigenvalue weighted by Gasteiger charge is -2.28. The number of carboxylic acid groups (broad SMARTS) is 1. The molecule has 0 aromatic heterocycles. The van der Waals surface area contributed by atoms with Gasteiger partial charge in [0.15, 0.2) is 0 Å². The van der Waals surface area contributed by atoms with Crippen LogP contribution in [0.1, 0.15) is 24.4 Å². The van der Waals surface area contributed by atoms with Gasteiger partial charge in [0.2, 0.25) is 5.91 Å². The van der Waals surface area contributed by atoms with Crippen molar-refractivity contribution >= 4 is 11.9 Å². The Kier molecular flexibility index (Phi) is 3.71. The van der Waals surface area contributed by atoms with Crippen LogP contribution in [0.4, 0.5) is 0 Å². The predicted octanol–water partition coefficient (Wildman–Crippen LogP) is 0.468. The SMILES string of the molecule is NCC(=O)N1C(C(=O)O)CCC1c1ccc(O)cc1. The summed E-state index contributed by atoms with van der Waals surface area (Å²) < 4.78 is 0. The van der Waals surface area contributed by atoms with Crippen LogP contribution in [0.5, 0.6) is 5.75 Å². The molecule has 6 heteroatoms. The maximum absolute atomic E-state index is 11.9. The zero-order valence-electron chi connectivity index (χ0n) is 10.3. The zero-order valence-corrected chi connectivity index (χ0v) is 10.3. The van der Waals surface area contributed by atoms with Crippen molar-refractivity contribution in [2.24, 2.45) is 5.73 Å². The third-order valence-corrected chi connectivity index (χ3v) is 3.41. The van der Waals surface area contributed by atoms with Crippen molar-refractivity contribution in [3.05, 3.63) is 29.8 Å². The fourth-order valence-electron chi connectivity index (χ4n) is 2.53.